The third-order valence-electron chi connectivity index (χ3n) is 3.14. The Morgan fingerprint density at radius 1 is 1.00 bits per heavy atom. The number of rotatable bonds is 6. The fourth-order valence-electron chi connectivity index (χ4n) is 1.95. The number of carbonyl (C=O) groups is 1. The number of ketones is 1. The maximum absolute atomic E-state index is 11.9. The van der Waals surface area contributed by atoms with Crippen molar-refractivity contribution < 1.29 is 4.79 Å². The first-order valence-corrected chi connectivity index (χ1v) is 6.70. The Morgan fingerprint density at radius 3 is 2.32 bits per heavy atom. The van der Waals surface area contributed by atoms with E-state index in [9.17, 15) is 4.79 Å². The van der Waals surface area contributed by atoms with Crippen molar-refractivity contribution in [2.75, 3.05) is 11.9 Å². The van der Waals surface area contributed by atoms with Gasteiger partial charge in [-0.05, 0) is 24.1 Å². The van der Waals surface area contributed by atoms with Gasteiger partial charge in [-0.25, -0.2) is 0 Å². The van der Waals surface area contributed by atoms with Gasteiger partial charge < -0.3 is 5.32 Å². The smallest absolute Gasteiger partial charge is 0.164 e. The van der Waals surface area contributed by atoms with Gasteiger partial charge in [-0.15, -0.1) is 0 Å². The molecule has 1 N–H and O–H groups in total. The molecule has 19 heavy (non-hydrogen) atoms. The second-order valence-corrected chi connectivity index (χ2v) is 4.52. The number of nitrogens with one attached hydrogen (secondary N) is 1. The van der Waals surface area contributed by atoms with Crippen LogP contribution >= 0.6 is 0 Å². The van der Waals surface area contributed by atoms with Gasteiger partial charge in [-0.2, -0.15) is 0 Å². The van der Waals surface area contributed by atoms with Gasteiger partial charge in [-0.3, -0.25) is 4.79 Å². The first-order valence-electron chi connectivity index (χ1n) is 6.70. The van der Waals surface area contributed by atoms with Crippen LogP contribution in [0.2, 0.25) is 0 Å². The zero-order valence-corrected chi connectivity index (χ0v) is 11.2. The van der Waals surface area contributed by atoms with Crippen LogP contribution in [0.25, 0.3) is 0 Å². The van der Waals surface area contributed by atoms with E-state index in [4.69, 9.17) is 0 Å². The van der Waals surface area contributed by atoms with E-state index in [2.05, 4.69) is 36.5 Å². The van der Waals surface area contributed by atoms with Crippen LogP contribution in [0.15, 0.2) is 54.6 Å². The Bertz CT molecular complexity index is 517. The van der Waals surface area contributed by atoms with Crippen LogP contribution < -0.4 is 5.32 Å². The van der Waals surface area contributed by atoms with E-state index in [-0.39, 0.29) is 5.78 Å². The van der Waals surface area contributed by atoms with Crippen molar-refractivity contribution in [3.63, 3.8) is 0 Å². The second kappa shape index (κ2) is 6.74. The molecule has 0 radical (unpaired) electrons. The standard InChI is InChI=1S/C17H19NO/c1-2-14-8-10-16(11-9-14)18-13-12-17(19)15-6-4-3-5-7-15/h3-11,18H,2,12-13H2,1H3. The lowest BCUT2D eigenvalue weighted by Crippen LogP contribution is -2.08. The summed E-state index contributed by atoms with van der Waals surface area (Å²) in [7, 11) is 0. The third kappa shape index (κ3) is 3.95. The molecule has 0 heterocycles. The molecule has 0 bridgehead atoms. The molecule has 0 unspecified atom stereocenters. The Hall–Kier alpha value is -2.09. The van der Waals surface area contributed by atoms with Crippen LogP contribution in [0.5, 0.6) is 0 Å². The number of aryl methyl sites for hydroxylation is 1. The van der Waals surface area contributed by atoms with E-state index in [1.54, 1.807) is 0 Å². The lowest BCUT2D eigenvalue weighted by atomic mass is 10.1. The topological polar surface area (TPSA) is 29.1 Å². The third-order valence-corrected chi connectivity index (χ3v) is 3.14. The quantitative estimate of drug-likeness (QED) is 0.790. The summed E-state index contributed by atoms with van der Waals surface area (Å²) in [6.07, 6.45) is 1.56. The molecule has 98 valence electrons. The van der Waals surface area contributed by atoms with Crippen LogP contribution in [0, 0.1) is 0 Å². The number of anilines is 1. The summed E-state index contributed by atoms with van der Waals surface area (Å²) in [4.78, 5) is 11.9. The lowest BCUT2D eigenvalue weighted by molar-refractivity contribution is 0.0986. The minimum atomic E-state index is 0.179. The molecule has 2 nitrogen and oxygen atoms in total. The lowest BCUT2D eigenvalue weighted by Gasteiger charge is -2.06. The molecule has 0 saturated carbocycles. The van der Waals surface area contributed by atoms with Crippen molar-refractivity contribution >= 4 is 11.5 Å². The highest BCUT2D eigenvalue weighted by Gasteiger charge is 2.04. The van der Waals surface area contributed by atoms with Crippen LogP contribution in [0.1, 0.15) is 29.3 Å². The van der Waals surface area contributed by atoms with Crippen molar-refractivity contribution in [3.8, 4) is 0 Å². The Morgan fingerprint density at radius 2 is 1.68 bits per heavy atom. The summed E-state index contributed by atoms with van der Waals surface area (Å²) in [6.45, 7) is 2.81. The summed E-state index contributed by atoms with van der Waals surface area (Å²) < 4.78 is 0. The van der Waals surface area contributed by atoms with Gasteiger partial charge in [-0.1, -0.05) is 49.4 Å². The zero-order valence-electron chi connectivity index (χ0n) is 11.2. The molecule has 0 aliphatic rings. The van der Waals surface area contributed by atoms with Crippen LogP contribution in [-0.2, 0) is 6.42 Å². The Labute approximate surface area is 114 Å². The minimum absolute atomic E-state index is 0.179. The summed E-state index contributed by atoms with van der Waals surface area (Å²) >= 11 is 0. The van der Waals surface area contributed by atoms with Gasteiger partial charge in [0.25, 0.3) is 0 Å². The molecule has 2 aromatic carbocycles. The number of benzene rings is 2. The molecule has 0 spiro atoms. The summed E-state index contributed by atoms with van der Waals surface area (Å²) in [6, 6.07) is 17.8. The molecule has 0 atom stereocenters. The monoisotopic (exact) mass is 253 g/mol. The fraction of sp³-hybridized carbons (Fsp3) is 0.235. The van der Waals surface area contributed by atoms with Crippen molar-refractivity contribution in [3.05, 3.63) is 65.7 Å². The van der Waals surface area contributed by atoms with Gasteiger partial charge >= 0.3 is 0 Å². The maximum Gasteiger partial charge on any atom is 0.164 e. The van der Waals surface area contributed by atoms with E-state index in [0.717, 1.165) is 17.7 Å². The first kappa shape index (κ1) is 13.3. The molecule has 0 amide bonds. The van der Waals surface area contributed by atoms with Gasteiger partial charge in [0.1, 0.15) is 0 Å². The summed E-state index contributed by atoms with van der Waals surface area (Å²) in [5.41, 5.74) is 3.18. The van der Waals surface area contributed by atoms with Crippen LogP contribution in [-0.4, -0.2) is 12.3 Å². The SMILES string of the molecule is CCc1ccc(NCCC(=O)c2ccccc2)cc1. The molecule has 0 aliphatic heterocycles. The van der Waals surface area contributed by atoms with Crippen molar-refractivity contribution in [2.24, 2.45) is 0 Å². The molecule has 2 heteroatoms. The van der Waals surface area contributed by atoms with Crippen molar-refractivity contribution in [1.82, 2.24) is 0 Å². The molecule has 2 rings (SSSR count). The van der Waals surface area contributed by atoms with E-state index >= 15 is 0 Å². The van der Waals surface area contributed by atoms with E-state index in [1.165, 1.54) is 5.56 Å². The number of hydrogen-bond donors (Lipinski definition) is 1. The molecular weight excluding hydrogens is 234 g/mol. The molecule has 0 fully saturated rings. The number of hydrogen-bond acceptors (Lipinski definition) is 2. The van der Waals surface area contributed by atoms with E-state index in [0.29, 0.717) is 13.0 Å². The van der Waals surface area contributed by atoms with Gasteiger partial charge in [0, 0.05) is 24.2 Å². The van der Waals surface area contributed by atoms with E-state index < -0.39 is 0 Å². The predicted octanol–water partition coefficient (Wildman–Crippen LogP) is 3.93. The minimum Gasteiger partial charge on any atom is -0.385 e. The first-order chi connectivity index (χ1) is 9.29. The summed E-state index contributed by atoms with van der Waals surface area (Å²) in [5, 5.41) is 3.28. The highest BCUT2D eigenvalue weighted by molar-refractivity contribution is 5.96. The molecular formula is C17H19NO. The van der Waals surface area contributed by atoms with Crippen LogP contribution in [0.4, 0.5) is 5.69 Å². The fourth-order valence-corrected chi connectivity index (χ4v) is 1.95. The predicted molar refractivity (Wildman–Crippen MR) is 79.7 cm³/mol. The van der Waals surface area contributed by atoms with Crippen molar-refractivity contribution in [1.29, 1.82) is 0 Å². The van der Waals surface area contributed by atoms with Crippen molar-refractivity contribution in [2.45, 2.75) is 19.8 Å². The normalized spacial score (nSPS) is 10.2. The largest absolute Gasteiger partial charge is 0.385 e. The van der Waals surface area contributed by atoms with Gasteiger partial charge in [0.15, 0.2) is 5.78 Å². The highest BCUT2D eigenvalue weighted by Crippen LogP contribution is 2.10. The number of Topliss-reactive ketones (excluding diaryl/α,β-unsaturated/α-hetero) is 1. The van der Waals surface area contributed by atoms with Crippen LogP contribution in [0.3, 0.4) is 0 Å². The average Bonchev–Trinajstić information content (AvgIpc) is 2.49. The van der Waals surface area contributed by atoms with Gasteiger partial charge in [0.05, 0.1) is 0 Å². The summed E-state index contributed by atoms with van der Waals surface area (Å²) in [5.74, 6) is 0.179. The molecule has 0 aromatic heterocycles. The molecule has 0 aliphatic carbocycles. The molecule has 0 saturated heterocycles. The van der Waals surface area contributed by atoms with Gasteiger partial charge in [0.2, 0.25) is 0 Å². The highest BCUT2D eigenvalue weighted by atomic mass is 16.1. The second-order valence-electron chi connectivity index (χ2n) is 4.52. The maximum atomic E-state index is 11.9. The van der Waals surface area contributed by atoms with E-state index in [1.807, 2.05) is 30.3 Å². The Balaban J connectivity index is 1.81. The Kier molecular flexibility index (Phi) is 4.73. The number of carbonyl (C=O) groups excluding carboxylic acids is 1. The molecule has 2 aromatic rings. The zero-order chi connectivity index (χ0) is 13.5. The average molecular weight is 253 g/mol.